The van der Waals surface area contributed by atoms with Gasteiger partial charge in [-0.2, -0.15) is 11.8 Å². The average molecular weight is 338 g/mol. The fraction of sp³-hybridized carbons (Fsp3) is 0.333. The fourth-order valence-corrected chi connectivity index (χ4v) is 1.14. The molecule has 2 heteroatoms. The summed E-state index contributed by atoms with van der Waals surface area (Å²) in [6.45, 7) is 8.55. The van der Waals surface area contributed by atoms with Crippen LogP contribution in [0.2, 0.25) is 0 Å². The van der Waals surface area contributed by atoms with Gasteiger partial charge in [0, 0.05) is 65.4 Å². The number of benzene rings is 1. The van der Waals surface area contributed by atoms with Crippen LogP contribution in [0.1, 0.15) is 38.8 Å². The zero-order chi connectivity index (χ0) is 9.14. The molecule has 0 saturated heterocycles. The van der Waals surface area contributed by atoms with Gasteiger partial charge in [-0.05, 0) is 0 Å². The van der Waals surface area contributed by atoms with E-state index in [2.05, 4.69) is 52.0 Å². The standard InChI is InChI=1S/C12H16.2Y/c1-9(2)11-5-7-12(8-6-11)10(3)4;;/h5-8H,1-4H3;;/q-2;;. The van der Waals surface area contributed by atoms with Crippen molar-refractivity contribution < 1.29 is 65.4 Å². The van der Waals surface area contributed by atoms with E-state index in [0.29, 0.717) is 0 Å². The van der Waals surface area contributed by atoms with Crippen molar-refractivity contribution >= 4 is 0 Å². The molecule has 1 rings (SSSR count). The summed E-state index contributed by atoms with van der Waals surface area (Å²) in [6.07, 6.45) is 0. The molecule has 0 N–H and O–H groups in total. The minimum Gasteiger partial charge on any atom is -0.220 e. The van der Waals surface area contributed by atoms with Crippen LogP contribution >= 0.6 is 0 Å². The maximum atomic E-state index is 2.18. The minimum absolute atomic E-state index is 0. The van der Waals surface area contributed by atoms with Crippen molar-refractivity contribution in [1.82, 2.24) is 0 Å². The molecule has 0 heterocycles. The zero-order valence-corrected chi connectivity index (χ0v) is 15.1. The van der Waals surface area contributed by atoms with Crippen LogP contribution in [0.25, 0.3) is 0 Å². The minimum atomic E-state index is 0. The molecule has 0 aromatic heterocycles. The third kappa shape index (κ3) is 5.31. The van der Waals surface area contributed by atoms with Crippen molar-refractivity contribution in [2.75, 3.05) is 0 Å². The van der Waals surface area contributed by atoms with Gasteiger partial charge in [0.1, 0.15) is 0 Å². The summed E-state index contributed by atoms with van der Waals surface area (Å²) in [7, 11) is 0. The molecule has 0 nitrogen and oxygen atoms in total. The first-order valence-electron chi connectivity index (χ1n) is 4.32. The predicted octanol–water partition coefficient (Wildman–Crippen LogP) is 3.61. The quantitative estimate of drug-likeness (QED) is 0.723. The van der Waals surface area contributed by atoms with Gasteiger partial charge in [0.2, 0.25) is 0 Å². The Morgan fingerprint density at radius 3 is 1.00 bits per heavy atom. The molecular weight excluding hydrogens is 322 g/mol. The van der Waals surface area contributed by atoms with Gasteiger partial charge in [-0.1, -0.05) is 27.7 Å². The summed E-state index contributed by atoms with van der Waals surface area (Å²) in [5, 5.41) is 0. The van der Waals surface area contributed by atoms with E-state index < -0.39 is 0 Å². The van der Waals surface area contributed by atoms with E-state index >= 15 is 0 Å². The van der Waals surface area contributed by atoms with E-state index in [1.54, 1.807) is 0 Å². The molecule has 0 unspecified atom stereocenters. The molecule has 0 fully saturated rings. The Morgan fingerprint density at radius 1 is 0.643 bits per heavy atom. The van der Waals surface area contributed by atoms with E-state index in [9.17, 15) is 0 Å². The van der Waals surface area contributed by atoms with Crippen LogP contribution in [-0.2, 0) is 65.4 Å². The Labute approximate surface area is 138 Å². The van der Waals surface area contributed by atoms with Gasteiger partial charge in [-0.25, -0.2) is 35.4 Å². The van der Waals surface area contributed by atoms with E-state index in [1.807, 2.05) is 0 Å². The van der Waals surface area contributed by atoms with Crippen molar-refractivity contribution in [2.24, 2.45) is 0 Å². The van der Waals surface area contributed by atoms with Crippen LogP contribution in [0.4, 0.5) is 0 Å². The summed E-state index contributed by atoms with van der Waals surface area (Å²) >= 11 is 0. The predicted molar refractivity (Wildman–Crippen MR) is 53.8 cm³/mol. The molecule has 0 aliphatic heterocycles. The first-order valence-corrected chi connectivity index (χ1v) is 4.32. The molecule has 0 atom stereocenters. The van der Waals surface area contributed by atoms with Crippen molar-refractivity contribution in [2.45, 2.75) is 27.7 Å². The molecule has 0 aliphatic rings. The molecule has 0 saturated carbocycles. The molecule has 0 bridgehead atoms. The Bertz CT molecular complexity index is 210. The van der Waals surface area contributed by atoms with Gasteiger partial charge in [0.15, 0.2) is 0 Å². The van der Waals surface area contributed by atoms with Gasteiger partial charge >= 0.3 is 0 Å². The molecule has 0 spiro atoms. The molecule has 14 heavy (non-hydrogen) atoms. The van der Waals surface area contributed by atoms with Gasteiger partial charge in [-0.3, -0.25) is 0 Å². The van der Waals surface area contributed by atoms with E-state index in [-0.39, 0.29) is 65.4 Å². The van der Waals surface area contributed by atoms with Crippen molar-refractivity contribution in [3.8, 4) is 0 Å². The van der Waals surface area contributed by atoms with Gasteiger partial charge in [0.25, 0.3) is 0 Å². The molecular formula is C12H16Y2-2. The normalized spacial score (nSPS) is 8.29. The Kier molecular flexibility index (Phi) is 10.5. The topological polar surface area (TPSA) is 0 Å². The van der Waals surface area contributed by atoms with Crippen molar-refractivity contribution in [3.05, 3.63) is 47.2 Å². The van der Waals surface area contributed by atoms with Crippen LogP contribution in [-0.4, -0.2) is 0 Å². The Hall–Kier alpha value is 1.17. The second kappa shape index (κ2) is 8.33. The Morgan fingerprint density at radius 2 is 0.857 bits per heavy atom. The first kappa shape index (κ1) is 17.6. The third-order valence-electron chi connectivity index (χ3n) is 2.04. The van der Waals surface area contributed by atoms with Crippen LogP contribution < -0.4 is 0 Å². The van der Waals surface area contributed by atoms with Crippen LogP contribution in [0.15, 0.2) is 24.3 Å². The molecule has 2 radical (unpaired) electrons. The molecule has 1 aromatic carbocycles. The molecule has 1 aromatic rings. The zero-order valence-electron chi connectivity index (χ0n) is 9.46. The van der Waals surface area contributed by atoms with E-state index in [0.717, 1.165) is 0 Å². The SMILES string of the molecule is C[C-](C)c1ccc([C-](C)C)cc1.[Y].[Y]. The summed E-state index contributed by atoms with van der Waals surface area (Å²) in [6, 6.07) is 8.71. The second-order valence-electron chi connectivity index (χ2n) is 3.58. The fourth-order valence-electron chi connectivity index (χ4n) is 1.14. The van der Waals surface area contributed by atoms with Crippen LogP contribution in [0.5, 0.6) is 0 Å². The number of rotatable bonds is 2. The third-order valence-corrected chi connectivity index (χ3v) is 2.04. The Balaban J connectivity index is 0. The maximum absolute atomic E-state index is 2.18. The number of hydrogen-bond donors (Lipinski definition) is 0. The first-order chi connectivity index (χ1) is 5.61. The van der Waals surface area contributed by atoms with Gasteiger partial charge < -0.3 is 0 Å². The van der Waals surface area contributed by atoms with Crippen molar-refractivity contribution in [3.63, 3.8) is 0 Å². The van der Waals surface area contributed by atoms with E-state index in [1.165, 1.54) is 23.0 Å². The maximum Gasteiger partial charge on any atom is 0 e. The molecule has 72 valence electrons. The van der Waals surface area contributed by atoms with Crippen LogP contribution in [0.3, 0.4) is 0 Å². The van der Waals surface area contributed by atoms with Crippen molar-refractivity contribution in [1.29, 1.82) is 0 Å². The van der Waals surface area contributed by atoms with Gasteiger partial charge in [-0.15, -0.1) is 0 Å². The summed E-state index contributed by atoms with van der Waals surface area (Å²) < 4.78 is 0. The monoisotopic (exact) mass is 338 g/mol. The number of hydrogen-bond acceptors (Lipinski definition) is 0. The smallest absolute Gasteiger partial charge is 0 e. The second-order valence-corrected chi connectivity index (χ2v) is 3.58. The average Bonchev–Trinajstić information content (AvgIpc) is 2.04. The molecule has 0 aliphatic carbocycles. The van der Waals surface area contributed by atoms with Crippen LogP contribution in [0, 0.1) is 11.8 Å². The molecule has 0 amide bonds. The van der Waals surface area contributed by atoms with Gasteiger partial charge in [0.05, 0.1) is 0 Å². The summed E-state index contributed by atoms with van der Waals surface area (Å²) in [5.41, 5.74) is 2.67. The largest absolute Gasteiger partial charge is 0.220 e. The van der Waals surface area contributed by atoms with E-state index in [4.69, 9.17) is 0 Å². The summed E-state index contributed by atoms with van der Waals surface area (Å²) in [5.74, 6) is 2.74. The summed E-state index contributed by atoms with van der Waals surface area (Å²) in [4.78, 5) is 0.